The smallest absolute Gasteiger partial charge is 0.150 e. The third-order valence-electron chi connectivity index (χ3n) is 3.33. The molecule has 0 radical (unpaired) electrons. The number of carbonyl (C=O) groups excluding carboxylic acids is 1. The largest absolute Gasteiger partial charge is 0.326 e. The molecule has 78 valence electrons. The van der Waals surface area contributed by atoms with Gasteiger partial charge in [-0.3, -0.25) is 4.79 Å². The van der Waals surface area contributed by atoms with Crippen molar-refractivity contribution in [3.05, 3.63) is 40.5 Å². The summed E-state index contributed by atoms with van der Waals surface area (Å²) in [4.78, 5) is 10.7. The highest BCUT2D eigenvalue weighted by atomic mass is 16.1. The van der Waals surface area contributed by atoms with Crippen molar-refractivity contribution >= 4 is 11.9 Å². The number of hydrogen-bond acceptors (Lipinski definition) is 2. The van der Waals surface area contributed by atoms with Crippen molar-refractivity contribution in [3.8, 4) is 0 Å². The van der Waals surface area contributed by atoms with Gasteiger partial charge in [0.05, 0.1) is 0 Å². The molecule has 15 heavy (non-hydrogen) atoms. The minimum atomic E-state index is 0.430. The molecule has 0 aliphatic heterocycles. The highest BCUT2D eigenvalue weighted by molar-refractivity contribution is 5.84. The molecule has 1 aliphatic carbocycles. The molecular formula is C13H15NO. The average Bonchev–Trinajstić information content (AvgIpc) is 2.51. The van der Waals surface area contributed by atoms with Crippen LogP contribution in [-0.2, 0) is 0 Å². The van der Waals surface area contributed by atoms with E-state index in [2.05, 4.69) is 13.8 Å². The lowest BCUT2D eigenvalue weighted by molar-refractivity contribution is 0.112. The lowest BCUT2D eigenvalue weighted by Crippen LogP contribution is -2.02. The van der Waals surface area contributed by atoms with Gasteiger partial charge < -0.3 is 5.73 Å². The number of nitrogens with two attached hydrogens (primary N) is 1. The highest BCUT2D eigenvalue weighted by Gasteiger charge is 2.24. The van der Waals surface area contributed by atoms with E-state index in [9.17, 15) is 4.79 Å². The van der Waals surface area contributed by atoms with Crippen LogP contribution in [0.3, 0.4) is 0 Å². The Morgan fingerprint density at radius 2 is 2.20 bits per heavy atom. The maximum atomic E-state index is 10.7. The van der Waals surface area contributed by atoms with Gasteiger partial charge >= 0.3 is 0 Å². The molecule has 0 bridgehead atoms. The van der Waals surface area contributed by atoms with E-state index in [4.69, 9.17) is 5.73 Å². The summed E-state index contributed by atoms with van der Waals surface area (Å²) in [5, 5.41) is 0. The maximum Gasteiger partial charge on any atom is 0.150 e. The molecule has 1 aromatic rings. The molecule has 0 heterocycles. The van der Waals surface area contributed by atoms with Gasteiger partial charge in [0, 0.05) is 18.0 Å². The number of carbonyl (C=O) groups is 1. The van der Waals surface area contributed by atoms with Crippen LogP contribution in [0.5, 0.6) is 0 Å². The van der Waals surface area contributed by atoms with Gasteiger partial charge in [-0.1, -0.05) is 24.6 Å². The van der Waals surface area contributed by atoms with Gasteiger partial charge in [-0.15, -0.1) is 0 Å². The quantitative estimate of drug-likeness (QED) is 0.746. The number of fused-ring (bicyclic) bond motifs is 1. The first-order valence-corrected chi connectivity index (χ1v) is 5.18. The van der Waals surface area contributed by atoms with Crippen molar-refractivity contribution in [3.63, 3.8) is 0 Å². The first-order chi connectivity index (χ1) is 7.19. The van der Waals surface area contributed by atoms with Gasteiger partial charge in [0.2, 0.25) is 0 Å². The molecule has 0 aromatic heterocycles. The molecule has 0 amide bonds. The van der Waals surface area contributed by atoms with Crippen LogP contribution in [-0.4, -0.2) is 12.8 Å². The number of allylic oxidation sites excluding steroid dienone is 1. The summed E-state index contributed by atoms with van der Waals surface area (Å²) >= 11 is 0. The van der Waals surface area contributed by atoms with Crippen molar-refractivity contribution in [2.45, 2.75) is 19.8 Å². The molecule has 1 aliphatic rings. The van der Waals surface area contributed by atoms with Crippen molar-refractivity contribution in [2.75, 3.05) is 6.54 Å². The molecule has 0 saturated carbocycles. The Kier molecular flexibility index (Phi) is 2.45. The van der Waals surface area contributed by atoms with E-state index >= 15 is 0 Å². The summed E-state index contributed by atoms with van der Waals surface area (Å²) in [6.07, 6.45) is 0.882. The van der Waals surface area contributed by atoms with E-state index in [-0.39, 0.29) is 0 Å². The lowest BCUT2D eigenvalue weighted by Gasteiger charge is -2.06. The van der Waals surface area contributed by atoms with Gasteiger partial charge in [0.1, 0.15) is 6.29 Å². The Morgan fingerprint density at radius 1 is 1.47 bits per heavy atom. The monoisotopic (exact) mass is 201 g/mol. The van der Waals surface area contributed by atoms with Crippen LogP contribution in [0.15, 0.2) is 23.8 Å². The molecule has 0 spiro atoms. The summed E-state index contributed by atoms with van der Waals surface area (Å²) in [5.41, 5.74) is 11.4. The van der Waals surface area contributed by atoms with Crippen LogP contribution in [0.2, 0.25) is 0 Å². The Balaban J connectivity index is 2.61. The molecule has 2 heteroatoms. The van der Waals surface area contributed by atoms with Gasteiger partial charge in [-0.25, -0.2) is 0 Å². The fourth-order valence-electron chi connectivity index (χ4n) is 2.26. The zero-order valence-electron chi connectivity index (χ0n) is 9.08. The number of benzene rings is 1. The van der Waals surface area contributed by atoms with E-state index in [1.807, 2.05) is 18.2 Å². The van der Waals surface area contributed by atoms with Gasteiger partial charge in [-0.2, -0.15) is 0 Å². The molecule has 2 nitrogen and oxygen atoms in total. The summed E-state index contributed by atoms with van der Waals surface area (Å²) in [6.45, 7) is 4.84. The number of aldehydes is 1. The highest BCUT2D eigenvalue weighted by Crippen LogP contribution is 2.40. The van der Waals surface area contributed by atoms with Gasteiger partial charge in [-0.05, 0) is 29.7 Å². The third kappa shape index (κ3) is 1.41. The van der Waals surface area contributed by atoms with Crippen molar-refractivity contribution in [2.24, 2.45) is 5.73 Å². The zero-order valence-corrected chi connectivity index (χ0v) is 9.08. The topological polar surface area (TPSA) is 43.1 Å². The maximum absolute atomic E-state index is 10.7. The number of rotatable bonds is 2. The second-order valence-electron chi connectivity index (χ2n) is 4.05. The van der Waals surface area contributed by atoms with Crippen LogP contribution < -0.4 is 5.73 Å². The van der Waals surface area contributed by atoms with Crippen LogP contribution >= 0.6 is 0 Å². The molecule has 2 N–H and O–H groups in total. The molecule has 0 fully saturated rings. The first-order valence-electron chi connectivity index (χ1n) is 5.18. The van der Waals surface area contributed by atoms with E-state index in [0.29, 0.717) is 12.5 Å². The normalized spacial score (nSPS) is 19.3. The van der Waals surface area contributed by atoms with Crippen molar-refractivity contribution < 1.29 is 4.79 Å². The first kappa shape index (κ1) is 10.1. The Hall–Kier alpha value is -1.41. The van der Waals surface area contributed by atoms with E-state index in [1.54, 1.807) is 0 Å². The minimum absolute atomic E-state index is 0.430. The molecule has 1 unspecified atom stereocenters. The second kappa shape index (κ2) is 3.63. The Morgan fingerprint density at radius 3 is 2.80 bits per heavy atom. The van der Waals surface area contributed by atoms with Crippen molar-refractivity contribution in [1.29, 1.82) is 0 Å². The molecular weight excluding hydrogens is 186 g/mol. The Bertz CT molecular complexity index is 446. The predicted molar refractivity (Wildman–Crippen MR) is 61.9 cm³/mol. The van der Waals surface area contributed by atoms with Gasteiger partial charge in [0.15, 0.2) is 0 Å². The Labute approximate surface area is 89.8 Å². The molecule has 1 atom stereocenters. The van der Waals surface area contributed by atoms with Crippen molar-refractivity contribution in [1.82, 2.24) is 0 Å². The van der Waals surface area contributed by atoms with Crippen LogP contribution in [0.4, 0.5) is 0 Å². The lowest BCUT2D eigenvalue weighted by atomic mass is 9.98. The second-order valence-corrected chi connectivity index (χ2v) is 4.05. The standard InChI is InChI=1S/C13H15NO/c1-8-9(2)13(6-14)12-5-10(7-15)3-4-11(8)12/h3-5,7-8H,6,14H2,1-2H3. The summed E-state index contributed by atoms with van der Waals surface area (Å²) in [7, 11) is 0. The third-order valence-corrected chi connectivity index (χ3v) is 3.33. The minimum Gasteiger partial charge on any atom is -0.326 e. The van der Waals surface area contributed by atoms with E-state index in [0.717, 1.165) is 17.4 Å². The van der Waals surface area contributed by atoms with Crippen LogP contribution in [0.1, 0.15) is 41.3 Å². The number of hydrogen-bond donors (Lipinski definition) is 1. The summed E-state index contributed by atoms with van der Waals surface area (Å²) in [5.74, 6) is 0.430. The summed E-state index contributed by atoms with van der Waals surface area (Å²) < 4.78 is 0. The fourth-order valence-corrected chi connectivity index (χ4v) is 2.26. The average molecular weight is 201 g/mol. The van der Waals surface area contributed by atoms with E-state index in [1.165, 1.54) is 16.7 Å². The van der Waals surface area contributed by atoms with Crippen LogP contribution in [0, 0.1) is 0 Å². The van der Waals surface area contributed by atoms with Gasteiger partial charge in [0.25, 0.3) is 0 Å². The fraction of sp³-hybridized carbons (Fsp3) is 0.308. The molecule has 0 saturated heterocycles. The molecule has 2 rings (SSSR count). The summed E-state index contributed by atoms with van der Waals surface area (Å²) in [6, 6.07) is 5.85. The zero-order chi connectivity index (χ0) is 11.0. The van der Waals surface area contributed by atoms with E-state index < -0.39 is 0 Å². The SMILES string of the molecule is CC1=C(CN)c2cc(C=O)ccc2C1C. The molecule has 1 aromatic carbocycles. The van der Waals surface area contributed by atoms with Crippen LogP contribution in [0.25, 0.3) is 5.57 Å². The predicted octanol–water partition coefficient (Wildman–Crippen LogP) is 2.35.